The number of aromatic nitrogens is 2. The summed E-state index contributed by atoms with van der Waals surface area (Å²) in [5.74, 6) is 0.330. The molecule has 7 nitrogen and oxygen atoms in total. The smallest absolute Gasteiger partial charge is 0.255 e. The van der Waals surface area contributed by atoms with Gasteiger partial charge >= 0.3 is 0 Å². The molecule has 2 amide bonds. The number of carbonyl (C=O) groups excluding carboxylic acids is 2. The first-order valence-corrected chi connectivity index (χ1v) is 8.51. The van der Waals surface area contributed by atoms with Crippen molar-refractivity contribution in [3.05, 3.63) is 76.9 Å². The van der Waals surface area contributed by atoms with Crippen LogP contribution in [0.2, 0.25) is 0 Å². The molecule has 0 spiro atoms. The molecule has 0 aliphatic carbocycles. The van der Waals surface area contributed by atoms with Crippen LogP contribution in [-0.4, -0.2) is 22.0 Å². The highest BCUT2D eigenvalue weighted by Crippen LogP contribution is 2.14. The second kappa shape index (κ2) is 8.27. The lowest BCUT2D eigenvalue weighted by molar-refractivity contribution is -0.120. The summed E-state index contributed by atoms with van der Waals surface area (Å²) < 4.78 is 5.07. The lowest BCUT2D eigenvalue weighted by Gasteiger charge is -2.09. The van der Waals surface area contributed by atoms with Gasteiger partial charge in [-0.25, -0.2) is 0 Å². The molecule has 3 rings (SSSR count). The van der Waals surface area contributed by atoms with Gasteiger partial charge in [0.2, 0.25) is 5.91 Å². The van der Waals surface area contributed by atoms with Crippen molar-refractivity contribution in [2.24, 2.45) is 0 Å². The van der Waals surface area contributed by atoms with E-state index in [0.29, 0.717) is 23.6 Å². The van der Waals surface area contributed by atoms with Crippen molar-refractivity contribution in [2.75, 3.05) is 5.32 Å². The number of hydrogen-bond donors (Lipinski definition) is 2. The van der Waals surface area contributed by atoms with Crippen LogP contribution >= 0.6 is 0 Å². The minimum Gasteiger partial charge on any atom is -0.361 e. The Balaban J connectivity index is 1.57. The number of pyridine rings is 1. The number of rotatable bonds is 6. The molecule has 0 radical (unpaired) electrons. The van der Waals surface area contributed by atoms with Gasteiger partial charge in [-0.2, -0.15) is 0 Å². The maximum absolute atomic E-state index is 12.2. The van der Waals surface area contributed by atoms with Gasteiger partial charge in [0.1, 0.15) is 5.76 Å². The van der Waals surface area contributed by atoms with Crippen LogP contribution in [0.1, 0.15) is 32.9 Å². The molecule has 2 N–H and O–H groups in total. The third-order valence-electron chi connectivity index (χ3n) is 4.14. The maximum Gasteiger partial charge on any atom is 0.255 e. The Hall–Kier alpha value is -3.48. The molecule has 27 heavy (non-hydrogen) atoms. The van der Waals surface area contributed by atoms with Crippen LogP contribution < -0.4 is 10.6 Å². The summed E-state index contributed by atoms with van der Waals surface area (Å²) in [5, 5.41) is 9.56. The Morgan fingerprint density at radius 2 is 1.89 bits per heavy atom. The van der Waals surface area contributed by atoms with E-state index >= 15 is 0 Å². The van der Waals surface area contributed by atoms with E-state index in [1.54, 1.807) is 37.5 Å². The molecular formula is C20H20N4O3. The fraction of sp³-hybridized carbons (Fsp3) is 0.200. The van der Waals surface area contributed by atoms with Crippen LogP contribution in [-0.2, 0) is 17.8 Å². The maximum atomic E-state index is 12.2. The van der Waals surface area contributed by atoms with Crippen LogP contribution in [0.25, 0.3) is 0 Å². The molecule has 0 aliphatic heterocycles. The van der Waals surface area contributed by atoms with Gasteiger partial charge in [-0.3, -0.25) is 14.6 Å². The number of aryl methyl sites for hydroxylation is 2. The van der Waals surface area contributed by atoms with Crippen molar-refractivity contribution in [2.45, 2.75) is 26.8 Å². The highest BCUT2D eigenvalue weighted by molar-refractivity contribution is 6.04. The third-order valence-corrected chi connectivity index (χ3v) is 4.14. The summed E-state index contributed by atoms with van der Waals surface area (Å²) in [6, 6.07) is 10.6. The van der Waals surface area contributed by atoms with E-state index in [4.69, 9.17) is 4.52 Å². The molecule has 0 unspecified atom stereocenters. The first-order valence-electron chi connectivity index (χ1n) is 8.51. The summed E-state index contributed by atoms with van der Waals surface area (Å²) in [6.45, 7) is 3.97. The SMILES string of the molecule is Cc1noc(C)c1CC(=O)NCc1cccc(NC(=O)c2ccncc2)c1. The van der Waals surface area contributed by atoms with E-state index in [-0.39, 0.29) is 18.2 Å². The Morgan fingerprint density at radius 1 is 1.11 bits per heavy atom. The van der Waals surface area contributed by atoms with Crippen molar-refractivity contribution >= 4 is 17.5 Å². The zero-order chi connectivity index (χ0) is 19.2. The first kappa shape index (κ1) is 18.3. The molecule has 0 bridgehead atoms. The van der Waals surface area contributed by atoms with E-state index in [0.717, 1.165) is 16.8 Å². The lowest BCUT2D eigenvalue weighted by atomic mass is 10.1. The van der Waals surface area contributed by atoms with Gasteiger partial charge in [0.05, 0.1) is 12.1 Å². The number of hydrogen-bond acceptors (Lipinski definition) is 5. The highest BCUT2D eigenvalue weighted by Gasteiger charge is 2.13. The average molecular weight is 364 g/mol. The van der Waals surface area contributed by atoms with Gasteiger partial charge in [0.25, 0.3) is 5.91 Å². The number of nitrogens with one attached hydrogen (secondary N) is 2. The predicted octanol–water partition coefficient (Wildman–Crippen LogP) is 2.80. The molecule has 138 valence electrons. The molecule has 0 saturated carbocycles. The van der Waals surface area contributed by atoms with Gasteiger partial charge in [-0.05, 0) is 43.7 Å². The van der Waals surface area contributed by atoms with E-state index in [2.05, 4.69) is 20.8 Å². The second-order valence-corrected chi connectivity index (χ2v) is 6.15. The Kier molecular flexibility index (Phi) is 5.61. The van der Waals surface area contributed by atoms with E-state index in [1.807, 2.05) is 25.1 Å². The van der Waals surface area contributed by atoms with Gasteiger partial charge in [0, 0.05) is 35.8 Å². The molecular weight excluding hydrogens is 344 g/mol. The summed E-state index contributed by atoms with van der Waals surface area (Å²) in [4.78, 5) is 28.3. The molecule has 7 heteroatoms. The van der Waals surface area contributed by atoms with E-state index in [9.17, 15) is 9.59 Å². The van der Waals surface area contributed by atoms with Crippen LogP contribution in [0, 0.1) is 13.8 Å². The molecule has 1 aromatic carbocycles. The summed E-state index contributed by atoms with van der Waals surface area (Å²) >= 11 is 0. The summed E-state index contributed by atoms with van der Waals surface area (Å²) in [6.07, 6.45) is 3.36. The average Bonchev–Trinajstić information content (AvgIpc) is 2.99. The topological polar surface area (TPSA) is 97.1 Å². The number of benzene rings is 1. The first-order chi connectivity index (χ1) is 13.0. The van der Waals surface area contributed by atoms with E-state index in [1.165, 1.54) is 0 Å². The lowest BCUT2D eigenvalue weighted by Crippen LogP contribution is -2.25. The Morgan fingerprint density at radius 3 is 2.59 bits per heavy atom. The van der Waals surface area contributed by atoms with Crippen LogP contribution in [0.15, 0.2) is 53.3 Å². The Labute approximate surface area is 156 Å². The fourth-order valence-corrected chi connectivity index (χ4v) is 2.64. The van der Waals surface area contributed by atoms with Gasteiger partial charge in [0.15, 0.2) is 0 Å². The van der Waals surface area contributed by atoms with Crippen molar-refractivity contribution in [1.82, 2.24) is 15.5 Å². The molecule has 2 aromatic heterocycles. The fourth-order valence-electron chi connectivity index (χ4n) is 2.64. The van der Waals surface area contributed by atoms with Gasteiger partial charge < -0.3 is 15.2 Å². The van der Waals surface area contributed by atoms with Gasteiger partial charge in [-0.1, -0.05) is 17.3 Å². The number of amides is 2. The molecule has 2 heterocycles. The van der Waals surface area contributed by atoms with Crippen molar-refractivity contribution < 1.29 is 14.1 Å². The number of anilines is 1. The molecule has 0 aliphatic rings. The largest absolute Gasteiger partial charge is 0.361 e. The minimum atomic E-state index is -0.211. The molecule has 0 atom stereocenters. The molecule has 0 saturated heterocycles. The number of carbonyl (C=O) groups is 2. The predicted molar refractivity (Wildman–Crippen MR) is 100 cm³/mol. The van der Waals surface area contributed by atoms with Crippen molar-refractivity contribution in [1.29, 1.82) is 0 Å². The van der Waals surface area contributed by atoms with Crippen LogP contribution in [0.3, 0.4) is 0 Å². The minimum absolute atomic E-state index is 0.115. The quantitative estimate of drug-likeness (QED) is 0.701. The zero-order valence-corrected chi connectivity index (χ0v) is 15.2. The second-order valence-electron chi connectivity index (χ2n) is 6.15. The summed E-state index contributed by atoms with van der Waals surface area (Å²) in [5.41, 5.74) is 3.61. The summed E-state index contributed by atoms with van der Waals surface area (Å²) in [7, 11) is 0. The Bertz CT molecular complexity index is 931. The normalized spacial score (nSPS) is 10.4. The standard InChI is InChI=1S/C20H20N4O3/c1-13-18(14(2)27-24-13)11-19(25)22-12-15-4-3-5-17(10-15)23-20(26)16-6-8-21-9-7-16/h3-10H,11-12H2,1-2H3,(H,22,25)(H,23,26). The monoisotopic (exact) mass is 364 g/mol. The van der Waals surface area contributed by atoms with Gasteiger partial charge in [-0.15, -0.1) is 0 Å². The van der Waals surface area contributed by atoms with Crippen LogP contribution in [0.4, 0.5) is 5.69 Å². The van der Waals surface area contributed by atoms with Crippen molar-refractivity contribution in [3.63, 3.8) is 0 Å². The third kappa shape index (κ3) is 4.78. The van der Waals surface area contributed by atoms with Crippen LogP contribution in [0.5, 0.6) is 0 Å². The molecule has 3 aromatic rings. The number of nitrogens with zero attached hydrogens (tertiary/aromatic N) is 2. The molecule has 0 fully saturated rings. The zero-order valence-electron chi connectivity index (χ0n) is 15.2. The van der Waals surface area contributed by atoms with Crippen molar-refractivity contribution in [3.8, 4) is 0 Å². The van der Waals surface area contributed by atoms with E-state index < -0.39 is 0 Å². The highest BCUT2D eigenvalue weighted by atomic mass is 16.5.